The Hall–Kier alpha value is -2.33. The Bertz CT molecular complexity index is 851. The highest BCUT2D eigenvalue weighted by Crippen LogP contribution is 2.35. The minimum atomic E-state index is -0.319. The smallest absolute Gasteiger partial charge is 0.232 e. The van der Waals surface area contributed by atoms with E-state index in [2.05, 4.69) is 13.0 Å². The number of para-hydroxylation sites is 1. The van der Waals surface area contributed by atoms with Crippen LogP contribution in [0.3, 0.4) is 0 Å². The van der Waals surface area contributed by atoms with Gasteiger partial charge in [-0.15, -0.1) is 0 Å². The maximum absolute atomic E-state index is 13.1. The lowest BCUT2D eigenvalue weighted by Crippen LogP contribution is -2.41. The Balaban J connectivity index is 1.57. The van der Waals surface area contributed by atoms with Crippen molar-refractivity contribution >= 4 is 34.8 Å². The van der Waals surface area contributed by atoms with Crippen LogP contribution in [-0.4, -0.2) is 24.4 Å². The maximum atomic E-state index is 13.1. The number of anilines is 2. The zero-order valence-corrected chi connectivity index (χ0v) is 14.7. The van der Waals surface area contributed by atoms with Crippen molar-refractivity contribution in [2.45, 2.75) is 25.8 Å². The molecule has 0 bridgehead atoms. The summed E-state index contributed by atoms with van der Waals surface area (Å²) in [5, 5.41) is 0.585. The van der Waals surface area contributed by atoms with E-state index in [0.29, 0.717) is 11.6 Å². The van der Waals surface area contributed by atoms with Gasteiger partial charge in [-0.05, 0) is 43.2 Å². The first-order chi connectivity index (χ1) is 12.0. The number of halogens is 1. The fraction of sp³-hybridized carbons (Fsp3) is 0.300. The zero-order chi connectivity index (χ0) is 17.6. The number of carbonyl (C=O) groups is 2. The van der Waals surface area contributed by atoms with Crippen LogP contribution in [0.25, 0.3) is 0 Å². The molecule has 0 spiro atoms. The summed E-state index contributed by atoms with van der Waals surface area (Å²) in [6.45, 7) is 2.47. The molecule has 2 aliphatic heterocycles. The van der Waals surface area contributed by atoms with Crippen molar-refractivity contribution in [2.24, 2.45) is 5.92 Å². The largest absolute Gasteiger partial charge is 0.312 e. The summed E-state index contributed by atoms with van der Waals surface area (Å²) in [5.41, 5.74) is 2.93. The third-order valence-corrected chi connectivity index (χ3v) is 5.27. The van der Waals surface area contributed by atoms with E-state index in [1.165, 1.54) is 5.56 Å². The van der Waals surface area contributed by atoms with E-state index in [9.17, 15) is 9.59 Å². The second kappa shape index (κ2) is 6.19. The third-order valence-electron chi connectivity index (χ3n) is 5.04. The minimum Gasteiger partial charge on any atom is -0.312 e. The monoisotopic (exact) mass is 354 g/mol. The lowest BCUT2D eigenvalue weighted by molar-refractivity contribution is -0.124. The fourth-order valence-corrected chi connectivity index (χ4v) is 4.05. The van der Waals surface area contributed by atoms with Crippen molar-refractivity contribution < 1.29 is 9.59 Å². The summed E-state index contributed by atoms with van der Waals surface area (Å²) in [5.74, 6) is -0.309. The predicted octanol–water partition coefficient (Wildman–Crippen LogP) is 3.67. The molecule has 0 aliphatic carbocycles. The molecule has 4 nitrogen and oxygen atoms in total. The van der Waals surface area contributed by atoms with Crippen LogP contribution in [0.4, 0.5) is 11.4 Å². The van der Waals surface area contributed by atoms with E-state index < -0.39 is 0 Å². The van der Waals surface area contributed by atoms with Crippen LogP contribution in [0.2, 0.25) is 5.02 Å². The average Bonchev–Trinajstić information content (AvgIpc) is 3.13. The molecule has 2 aromatic rings. The second-order valence-electron chi connectivity index (χ2n) is 6.78. The average molecular weight is 355 g/mol. The fourth-order valence-electron chi connectivity index (χ4n) is 3.86. The first-order valence-electron chi connectivity index (χ1n) is 8.51. The first kappa shape index (κ1) is 16.2. The molecule has 25 heavy (non-hydrogen) atoms. The molecule has 2 unspecified atom stereocenters. The molecule has 2 atom stereocenters. The maximum Gasteiger partial charge on any atom is 0.232 e. The van der Waals surface area contributed by atoms with Crippen LogP contribution in [0.1, 0.15) is 18.9 Å². The van der Waals surface area contributed by atoms with Gasteiger partial charge in [-0.2, -0.15) is 0 Å². The summed E-state index contributed by atoms with van der Waals surface area (Å²) >= 11 is 6.04. The molecule has 2 aromatic carbocycles. The van der Waals surface area contributed by atoms with Gasteiger partial charge in [0, 0.05) is 35.4 Å². The molecule has 1 saturated heterocycles. The van der Waals surface area contributed by atoms with E-state index >= 15 is 0 Å². The van der Waals surface area contributed by atoms with Crippen LogP contribution in [0.5, 0.6) is 0 Å². The van der Waals surface area contributed by atoms with Gasteiger partial charge in [0.05, 0.1) is 5.92 Å². The highest BCUT2D eigenvalue weighted by atomic mass is 35.5. The van der Waals surface area contributed by atoms with Crippen LogP contribution in [0, 0.1) is 5.92 Å². The molecule has 0 N–H and O–H groups in total. The number of hydrogen-bond donors (Lipinski definition) is 0. The van der Waals surface area contributed by atoms with Gasteiger partial charge in [-0.1, -0.05) is 35.9 Å². The number of nitrogens with zero attached hydrogens (tertiary/aromatic N) is 2. The van der Waals surface area contributed by atoms with E-state index in [-0.39, 0.29) is 30.2 Å². The van der Waals surface area contributed by atoms with E-state index in [0.717, 1.165) is 17.8 Å². The number of carbonyl (C=O) groups excluding carboxylic acids is 2. The van der Waals surface area contributed by atoms with E-state index in [1.54, 1.807) is 17.0 Å². The molecule has 4 rings (SSSR count). The molecular weight excluding hydrogens is 336 g/mol. The van der Waals surface area contributed by atoms with Crippen LogP contribution < -0.4 is 9.80 Å². The van der Waals surface area contributed by atoms with Gasteiger partial charge >= 0.3 is 0 Å². The normalized spacial score (nSPS) is 22.4. The number of amides is 2. The van der Waals surface area contributed by atoms with Crippen molar-refractivity contribution in [3.05, 3.63) is 59.1 Å². The summed E-state index contributed by atoms with van der Waals surface area (Å²) in [6.07, 6.45) is 1.11. The van der Waals surface area contributed by atoms with Gasteiger partial charge in [-0.25, -0.2) is 0 Å². The number of hydrogen-bond acceptors (Lipinski definition) is 2. The second-order valence-corrected chi connectivity index (χ2v) is 7.21. The standard InChI is InChI=1S/C20H19ClN2O2/c1-13-9-14-5-2-3-8-18(14)23(13)20(25)15-10-19(24)22(12-15)17-7-4-6-16(21)11-17/h2-8,11,13,15H,9-10,12H2,1H3. The van der Waals surface area contributed by atoms with Crippen LogP contribution in [-0.2, 0) is 16.0 Å². The lowest BCUT2D eigenvalue weighted by atomic mass is 10.1. The summed E-state index contributed by atoms with van der Waals surface area (Å²) in [7, 11) is 0. The minimum absolute atomic E-state index is 0.0271. The molecule has 5 heteroatoms. The van der Waals surface area contributed by atoms with Gasteiger partial charge in [0.2, 0.25) is 11.8 Å². The number of benzene rings is 2. The van der Waals surface area contributed by atoms with Crippen molar-refractivity contribution in [2.75, 3.05) is 16.3 Å². The Morgan fingerprint density at radius 1 is 1.12 bits per heavy atom. The van der Waals surface area contributed by atoms with Gasteiger partial charge in [0.25, 0.3) is 0 Å². The van der Waals surface area contributed by atoms with Gasteiger partial charge in [0.1, 0.15) is 0 Å². The molecule has 0 aromatic heterocycles. The van der Waals surface area contributed by atoms with E-state index in [1.807, 2.05) is 35.2 Å². The topological polar surface area (TPSA) is 40.6 Å². The molecule has 0 radical (unpaired) electrons. The van der Waals surface area contributed by atoms with Gasteiger partial charge in [-0.3, -0.25) is 9.59 Å². The van der Waals surface area contributed by atoms with Crippen molar-refractivity contribution in [1.82, 2.24) is 0 Å². The third kappa shape index (κ3) is 2.81. The quantitative estimate of drug-likeness (QED) is 0.825. The molecule has 0 saturated carbocycles. The SMILES string of the molecule is CC1Cc2ccccc2N1C(=O)C1CC(=O)N(c2cccc(Cl)c2)C1. The Morgan fingerprint density at radius 3 is 2.72 bits per heavy atom. The predicted molar refractivity (Wildman–Crippen MR) is 99.0 cm³/mol. The highest BCUT2D eigenvalue weighted by molar-refractivity contribution is 6.31. The Morgan fingerprint density at radius 2 is 1.92 bits per heavy atom. The number of fused-ring (bicyclic) bond motifs is 1. The molecule has 2 amide bonds. The Kier molecular flexibility index (Phi) is 4.00. The number of rotatable bonds is 2. The summed E-state index contributed by atoms with van der Waals surface area (Å²) in [6, 6.07) is 15.3. The van der Waals surface area contributed by atoms with Crippen molar-refractivity contribution in [3.8, 4) is 0 Å². The van der Waals surface area contributed by atoms with Crippen LogP contribution in [0.15, 0.2) is 48.5 Å². The zero-order valence-electron chi connectivity index (χ0n) is 14.0. The van der Waals surface area contributed by atoms with Crippen molar-refractivity contribution in [3.63, 3.8) is 0 Å². The van der Waals surface area contributed by atoms with Crippen LogP contribution >= 0.6 is 11.6 Å². The molecule has 128 valence electrons. The van der Waals surface area contributed by atoms with Crippen molar-refractivity contribution in [1.29, 1.82) is 0 Å². The van der Waals surface area contributed by atoms with Gasteiger partial charge in [0.15, 0.2) is 0 Å². The Labute approximate surface area is 152 Å². The molecule has 1 fully saturated rings. The van der Waals surface area contributed by atoms with E-state index in [4.69, 9.17) is 11.6 Å². The molecule has 2 aliphatic rings. The first-order valence-corrected chi connectivity index (χ1v) is 8.89. The molecule has 2 heterocycles. The molecular formula is C20H19ClN2O2. The summed E-state index contributed by atoms with van der Waals surface area (Å²) < 4.78 is 0. The highest BCUT2D eigenvalue weighted by Gasteiger charge is 2.41. The van der Waals surface area contributed by atoms with Gasteiger partial charge < -0.3 is 9.80 Å². The summed E-state index contributed by atoms with van der Waals surface area (Å²) in [4.78, 5) is 29.1. The lowest BCUT2D eigenvalue weighted by Gasteiger charge is -2.26.